The Morgan fingerprint density at radius 1 is 1.00 bits per heavy atom. The molecule has 1 aromatic carbocycles. The molecule has 0 unspecified atom stereocenters. The molecule has 0 aliphatic carbocycles. The van der Waals surface area contributed by atoms with Crippen molar-refractivity contribution in [2.45, 2.75) is -1.46 Å². The zero-order valence-electron chi connectivity index (χ0n) is 7.83. The van der Waals surface area contributed by atoms with E-state index < -0.39 is 32.9 Å². The van der Waals surface area contributed by atoms with E-state index in [0.29, 0.717) is 0 Å². The molecular formula is C9H3F4ITl2-. The fourth-order valence-electron chi connectivity index (χ4n) is 1.16. The van der Waals surface area contributed by atoms with Gasteiger partial charge in [0.15, 0.2) is 0 Å². The first-order valence-electron chi connectivity index (χ1n) is 3.97. The van der Waals surface area contributed by atoms with E-state index in [-0.39, 0.29) is 51.5 Å². The summed E-state index contributed by atoms with van der Waals surface area (Å²) in [6.45, 7) is 3.13. The molecule has 0 saturated heterocycles. The van der Waals surface area contributed by atoms with Crippen molar-refractivity contribution in [3.8, 4) is 0 Å². The normalized spacial score (nSPS) is 11.4. The summed E-state index contributed by atoms with van der Waals surface area (Å²) in [7, 11) is 0. The third-order valence-corrected chi connectivity index (χ3v) is 4.67. The van der Waals surface area contributed by atoms with Gasteiger partial charge in [-0.3, -0.25) is 0 Å². The van der Waals surface area contributed by atoms with Crippen LogP contribution in [-0.4, -0.2) is 51.5 Å². The van der Waals surface area contributed by atoms with Gasteiger partial charge in [-0.25, -0.2) is 0 Å². The van der Waals surface area contributed by atoms with Crippen molar-refractivity contribution >= 4 is 57.6 Å². The number of alkyl halides is 1. The van der Waals surface area contributed by atoms with E-state index in [2.05, 4.69) is 6.58 Å². The standard InChI is InChI=1S/C9H3F4I.2Tl/c1-2-4-6(10)8(12)5(3-14)9(13)7(4)11;;/h2H,1H2;;/q-1;;. The van der Waals surface area contributed by atoms with E-state index in [0.717, 1.165) is 6.08 Å². The number of hydrogen-bond donors (Lipinski definition) is 0. The minimum absolute atomic E-state index is 0.209. The second-order valence-corrected chi connectivity index (χ2v) is 31.1. The number of rotatable bonds is 2. The van der Waals surface area contributed by atoms with Crippen LogP contribution in [0.15, 0.2) is 6.58 Å². The van der Waals surface area contributed by atoms with Crippen LogP contribution < -0.4 is 22.6 Å². The van der Waals surface area contributed by atoms with Crippen molar-refractivity contribution in [3.63, 3.8) is 0 Å². The Labute approximate surface area is 135 Å². The number of hydrogen-bond acceptors (Lipinski definition) is 0. The van der Waals surface area contributed by atoms with Crippen molar-refractivity contribution in [1.82, 2.24) is 0 Å². The van der Waals surface area contributed by atoms with Crippen molar-refractivity contribution in [3.05, 3.63) is 41.0 Å². The summed E-state index contributed by atoms with van der Waals surface area (Å²) in [6.07, 6.45) is 0.778. The zero-order valence-corrected chi connectivity index (χ0v) is 19.0. The topological polar surface area (TPSA) is 0 Å². The molecule has 81 valence electrons. The summed E-state index contributed by atoms with van der Waals surface area (Å²) in [5, 5.41) is 0. The molecule has 0 amide bonds. The quantitative estimate of drug-likeness (QED) is 0.120. The van der Waals surface area contributed by atoms with Gasteiger partial charge in [0.1, 0.15) is 0 Å². The van der Waals surface area contributed by atoms with E-state index in [9.17, 15) is 17.6 Å². The maximum absolute atomic E-state index is 13.6. The van der Waals surface area contributed by atoms with Gasteiger partial charge in [0.05, 0.1) is 0 Å². The second kappa shape index (κ2) is 5.49. The van der Waals surface area contributed by atoms with Crippen LogP contribution in [0.5, 0.6) is 0 Å². The van der Waals surface area contributed by atoms with Crippen molar-refractivity contribution in [1.29, 1.82) is 0 Å². The van der Waals surface area contributed by atoms with Gasteiger partial charge < -0.3 is 0 Å². The summed E-state index contributed by atoms with van der Waals surface area (Å²) in [5.41, 5.74) is -1.20. The zero-order chi connectivity index (χ0) is 12.7. The Kier molecular flexibility index (Phi) is 5.25. The van der Waals surface area contributed by atoms with E-state index in [4.69, 9.17) is 0 Å². The Morgan fingerprint density at radius 3 is 1.62 bits per heavy atom. The SMILES string of the molecule is C=Cc1c(F)c(F)c([C]([I-])([Tl])[Tl])c(F)c1F. The number of halogens is 5. The fraction of sp³-hybridized carbons (Fsp3) is 0.111. The second-order valence-electron chi connectivity index (χ2n) is 3.02. The van der Waals surface area contributed by atoms with E-state index in [1.54, 1.807) is 0 Å². The Bertz CT molecular complexity index is 425. The van der Waals surface area contributed by atoms with E-state index >= 15 is 0 Å². The Balaban J connectivity index is 3.74. The molecule has 0 atom stereocenters. The van der Waals surface area contributed by atoms with Crippen LogP contribution in [0.25, 0.3) is 6.08 Å². The predicted octanol–water partition coefficient (Wildman–Crippen LogP) is -1.11. The molecule has 0 spiro atoms. The van der Waals surface area contributed by atoms with Gasteiger partial charge in [0.2, 0.25) is 0 Å². The third-order valence-electron chi connectivity index (χ3n) is 1.88. The van der Waals surface area contributed by atoms with Crippen molar-refractivity contribution in [2.24, 2.45) is 0 Å². The molecule has 1 aromatic rings. The molecule has 0 bridgehead atoms. The first-order valence-corrected chi connectivity index (χ1v) is 9.54. The van der Waals surface area contributed by atoms with Crippen LogP contribution in [0.2, 0.25) is 0 Å². The van der Waals surface area contributed by atoms with Crippen molar-refractivity contribution < 1.29 is 40.2 Å². The van der Waals surface area contributed by atoms with Gasteiger partial charge in [-0.2, -0.15) is 0 Å². The average molecular weight is 723 g/mol. The number of benzene rings is 1. The molecule has 0 nitrogen and oxygen atoms in total. The molecule has 1 radical (unpaired) electrons. The van der Waals surface area contributed by atoms with Crippen LogP contribution in [0.4, 0.5) is 17.6 Å². The first kappa shape index (κ1) is 15.3. The molecule has 0 heterocycles. The van der Waals surface area contributed by atoms with Gasteiger partial charge in [-0.1, -0.05) is 0 Å². The monoisotopic (exact) mass is 724 g/mol. The maximum atomic E-state index is 13.6. The molecule has 1 rings (SSSR count). The van der Waals surface area contributed by atoms with Gasteiger partial charge in [0, 0.05) is 0 Å². The third kappa shape index (κ3) is 2.80. The van der Waals surface area contributed by atoms with Crippen LogP contribution in [0.1, 0.15) is 11.1 Å². The van der Waals surface area contributed by atoms with E-state index in [1.165, 1.54) is 0 Å². The minimum atomic E-state index is -1.36. The molecular weight excluding hydrogens is 720 g/mol. The summed E-state index contributed by atoms with van der Waals surface area (Å²) in [6, 6.07) is 0. The van der Waals surface area contributed by atoms with Crippen LogP contribution in [-0.2, 0) is -1.46 Å². The van der Waals surface area contributed by atoms with Gasteiger partial charge in [-0.05, 0) is 0 Å². The van der Waals surface area contributed by atoms with E-state index in [1.807, 2.05) is 22.6 Å². The summed E-state index contributed by atoms with van der Waals surface area (Å²) in [5.74, 6) is -5.28. The molecule has 0 fully saturated rings. The van der Waals surface area contributed by atoms with Gasteiger partial charge >= 0.3 is 137 Å². The first-order chi connectivity index (χ1) is 7.21. The van der Waals surface area contributed by atoms with Gasteiger partial charge in [0.25, 0.3) is 0 Å². The molecule has 0 aliphatic heterocycles. The molecule has 7 heteroatoms. The van der Waals surface area contributed by atoms with Crippen LogP contribution in [0.3, 0.4) is 0 Å². The molecule has 0 aromatic heterocycles. The molecule has 16 heavy (non-hydrogen) atoms. The predicted molar refractivity (Wildman–Crippen MR) is 49.6 cm³/mol. The fourth-order valence-corrected chi connectivity index (χ4v) is 3.61. The van der Waals surface area contributed by atoms with Crippen LogP contribution in [0, 0.1) is 23.3 Å². The van der Waals surface area contributed by atoms with Crippen molar-refractivity contribution in [2.75, 3.05) is 0 Å². The van der Waals surface area contributed by atoms with Crippen LogP contribution >= 0.6 is 0 Å². The van der Waals surface area contributed by atoms with Gasteiger partial charge in [-0.15, -0.1) is 0 Å². The molecule has 0 saturated carbocycles. The summed E-state index contributed by atoms with van der Waals surface area (Å²) in [4.78, 5) is 0. The molecule has 0 N–H and O–H groups in total. The Morgan fingerprint density at radius 2 is 1.38 bits per heavy atom. The average Bonchev–Trinajstić information content (AvgIpc) is 2.14. The summed E-state index contributed by atoms with van der Waals surface area (Å²) >= 11 is 2.28. The summed E-state index contributed by atoms with van der Waals surface area (Å²) < 4.78 is 53.3. The Hall–Kier alpha value is 1.25. The molecule has 0 aliphatic rings.